The lowest BCUT2D eigenvalue weighted by molar-refractivity contribution is -0.384. The summed E-state index contributed by atoms with van der Waals surface area (Å²) in [5.74, 6) is 0.335. The van der Waals surface area contributed by atoms with Crippen LogP contribution in [0.3, 0.4) is 0 Å². The summed E-state index contributed by atoms with van der Waals surface area (Å²) < 4.78 is 0. The summed E-state index contributed by atoms with van der Waals surface area (Å²) in [7, 11) is 0. The van der Waals surface area contributed by atoms with Gasteiger partial charge in [0.2, 0.25) is 5.82 Å². The smallest absolute Gasteiger partial charge is 0.329 e. The normalized spacial score (nSPS) is 16.5. The number of nitrogens with one attached hydrogen (secondary N) is 1. The van der Waals surface area contributed by atoms with Crippen LogP contribution in [-0.4, -0.2) is 20.9 Å². The molecule has 1 aromatic rings. The SMILES string of the molecule is O=[N+]([O-])c1cncnc1NC1CCCC1. The van der Waals surface area contributed by atoms with Crippen molar-refractivity contribution < 1.29 is 4.92 Å². The van der Waals surface area contributed by atoms with Gasteiger partial charge in [0, 0.05) is 6.04 Å². The Morgan fingerprint density at radius 1 is 1.47 bits per heavy atom. The van der Waals surface area contributed by atoms with Crippen LogP contribution in [0.15, 0.2) is 12.5 Å². The Morgan fingerprint density at radius 3 is 2.87 bits per heavy atom. The van der Waals surface area contributed by atoms with E-state index in [4.69, 9.17) is 0 Å². The first-order valence-corrected chi connectivity index (χ1v) is 4.98. The van der Waals surface area contributed by atoms with Crippen LogP contribution >= 0.6 is 0 Å². The van der Waals surface area contributed by atoms with Crippen LogP contribution in [0.25, 0.3) is 0 Å². The van der Waals surface area contributed by atoms with E-state index >= 15 is 0 Å². The lowest BCUT2D eigenvalue weighted by Gasteiger charge is -2.11. The van der Waals surface area contributed by atoms with Gasteiger partial charge < -0.3 is 5.32 Å². The zero-order valence-electron chi connectivity index (χ0n) is 8.22. The highest BCUT2D eigenvalue weighted by Gasteiger charge is 2.20. The maximum absolute atomic E-state index is 10.7. The predicted molar refractivity (Wildman–Crippen MR) is 54.6 cm³/mol. The summed E-state index contributed by atoms with van der Waals surface area (Å²) in [4.78, 5) is 17.8. The second-order valence-electron chi connectivity index (χ2n) is 3.64. The van der Waals surface area contributed by atoms with Crippen molar-refractivity contribution in [1.82, 2.24) is 9.97 Å². The van der Waals surface area contributed by atoms with Gasteiger partial charge in [0.15, 0.2) is 0 Å². The molecule has 0 bridgehead atoms. The molecular weight excluding hydrogens is 196 g/mol. The second-order valence-corrected chi connectivity index (χ2v) is 3.64. The van der Waals surface area contributed by atoms with Gasteiger partial charge in [-0.1, -0.05) is 12.8 Å². The molecule has 1 N–H and O–H groups in total. The molecule has 0 amide bonds. The second kappa shape index (κ2) is 4.20. The van der Waals surface area contributed by atoms with Gasteiger partial charge in [0.25, 0.3) is 0 Å². The molecule has 1 saturated carbocycles. The minimum Gasteiger partial charge on any atom is -0.362 e. The molecule has 80 valence electrons. The summed E-state index contributed by atoms with van der Waals surface area (Å²) in [6.45, 7) is 0. The third kappa shape index (κ3) is 2.20. The molecule has 0 saturated heterocycles. The Bertz CT molecular complexity index is 363. The Hall–Kier alpha value is -1.72. The average Bonchev–Trinajstić information content (AvgIpc) is 2.71. The molecule has 1 aromatic heterocycles. The quantitative estimate of drug-likeness (QED) is 0.604. The fourth-order valence-electron chi connectivity index (χ4n) is 1.83. The van der Waals surface area contributed by atoms with E-state index < -0.39 is 4.92 Å². The topological polar surface area (TPSA) is 81.0 Å². The maximum atomic E-state index is 10.7. The van der Waals surface area contributed by atoms with Crippen molar-refractivity contribution in [1.29, 1.82) is 0 Å². The fraction of sp³-hybridized carbons (Fsp3) is 0.556. The van der Waals surface area contributed by atoms with E-state index in [1.54, 1.807) is 0 Å². The lowest BCUT2D eigenvalue weighted by Crippen LogP contribution is -2.16. The van der Waals surface area contributed by atoms with Gasteiger partial charge in [-0.2, -0.15) is 0 Å². The molecule has 0 unspecified atom stereocenters. The first kappa shape index (κ1) is 9.82. The number of rotatable bonds is 3. The molecule has 1 fully saturated rings. The van der Waals surface area contributed by atoms with Crippen molar-refractivity contribution in [3.8, 4) is 0 Å². The van der Waals surface area contributed by atoms with Gasteiger partial charge in [-0.25, -0.2) is 9.97 Å². The van der Waals surface area contributed by atoms with Crippen LogP contribution in [0.2, 0.25) is 0 Å². The standard InChI is InChI=1S/C9H12N4O2/c14-13(15)8-5-10-6-11-9(8)12-7-3-1-2-4-7/h5-7H,1-4H2,(H,10,11,12). The highest BCUT2D eigenvalue weighted by Crippen LogP contribution is 2.25. The first-order valence-electron chi connectivity index (χ1n) is 4.98. The van der Waals surface area contributed by atoms with E-state index in [2.05, 4.69) is 15.3 Å². The summed E-state index contributed by atoms with van der Waals surface area (Å²) >= 11 is 0. The molecule has 0 aliphatic heterocycles. The van der Waals surface area contributed by atoms with Gasteiger partial charge in [-0.3, -0.25) is 10.1 Å². The maximum Gasteiger partial charge on any atom is 0.329 e. The highest BCUT2D eigenvalue weighted by atomic mass is 16.6. The number of aromatic nitrogens is 2. The monoisotopic (exact) mass is 208 g/mol. The summed E-state index contributed by atoms with van der Waals surface area (Å²) in [5, 5.41) is 13.8. The molecule has 15 heavy (non-hydrogen) atoms. The van der Waals surface area contributed by atoms with Gasteiger partial charge >= 0.3 is 5.69 Å². The number of nitro groups is 1. The molecule has 6 nitrogen and oxygen atoms in total. The Kier molecular flexibility index (Phi) is 2.75. The van der Waals surface area contributed by atoms with Crippen molar-refractivity contribution in [3.63, 3.8) is 0 Å². The molecule has 1 aliphatic carbocycles. The van der Waals surface area contributed by atoms with Gasteiger partial charge in [0.1, 0.15) is 12.5 Å². The van der Waals surface area contributed by atoms with E-state index in [0.29, 0.717) is 11.9 Å². The van der Waals surface area contributed by atoms with Crippen LogP contribution in [0.5, 0.6) is 0 Å². The number of hydrogen-bond donors (Lipinski definition) is 1. The van der Waals surface area contributed by atoms with Crippen molar-refractivity contribution in [3.05, 3.63) is 22.6 Å². The average molecular weight is 208 g/mol. The molecule has 0 atom stereocenters. The third-order valence-electron chi connectivity index (χ3n) is 2.59. The predicted octanol–water partition coefficient (Wildman–Crippen LogP) is 1.74. The minimum atomic E-state index is -0.461. The zero-order valence-corrected chi connectivity index (χ0v) is 8.22. The molecule has 0 aromatic carbocycles. The van der Waals surface area contributed by atoms with Crippen LogP contribution in [-0.2, 0) is 0 Å². The van der Waals surface area contributed by atoms with Gasteiger partial charge in [-0.05, 0) is 12.8 Å². The van der Waals surface area contributed by atoms with Gasteiger partial charge in [-0.15, -0.1) is 0 Å². The minimum absolute atomic E-state index is 0.0515. The fourth-order valence-corrected chi connectivity index (χ4v) is 1.83. The van der Waals surface area contributed by atoms with E-state index in [-0.39, 0.29) is 5.69 Å². The summed E-state index contributed by atoms with van der Waals surface area (Å²) in [6.07, 6.45) is 7.02. The van der Waals surface area contributed by atoms with Crippen molar-refractivity contribution in [2.75, 3.05) is 5.32 Å². The van der Waals surface area contributed by atoms with E-state index in [9.17, 15) is 10.1 Å². The summed E-state index contributed by atoms with van der Waals surface area (Å²) in [6, 6.07) is 0.318. The molecule has 1 heterocycles. The Morgan fingerprint density at radius 2 is 2.20 bits per heavy atom. The zero-order chi connectivity index (χ0) is 10.7. The van der Waals surface area contributed by atoms with Crippen LogP contribution in [0.4, 0.5) is 11.5 Å². The van der Waals surface area contributed by atoms with E-state index in [1.165, 1.54) is 25.4 Å². The van der Waals surface area contributed by atoms with Crippen molar-refractivity contribution in [2.24, 2.45) is 0 Å². The van der Waals surface area contributed by atoms with Crippen molar-refractivity contribution >= 4 is 11.5 Å². The molecule has 0 radical (unpaired) electrons. The highest BCUT2D eigenvalue weighted by molar-refractivity contribution is 5.54. The number of hydrogen-bond acceptors (Lipinski definition) is 5. The molecule has 1 aliphatic rings. The lowest BCUT2D eigenvalue weighted by atomic mass is 10.2. The van der Waals surface area contributed by atoms with E-state index in [0.717, 1.165) is 12.8 Å². The Labute approximate surface area is 86.9 Å². The van der Waals surface area contributed by atoms with Crippen LogP contribution in [0.1, 0.15) is 25.7 Å². The van der Waals surface area contributed by atoms with E-state index in [1.807, 2.05) is 0 Å². The van der Waals surface area contributed by atoms with Gasteiger partial charge in [0.05, 0.1) is 4.92 Å². The molecular formula is C9H12N4O2. The Balaban J connectivity index is 2.15. The molecule has 2 rings (SSSR count). The largest absolute Gasteiger partial charge is 0.362 e. The van der Waals surface area contributed by atoms with Crippen molar-refractivity contribution in [2.45, 2.75) is 31.7 Å². The molecule has 0 spiro atoms. The third-order valence-corrected chi connectivity index (χ3v) is 2.59. The van der Waals surface area contributed by atoms with Crippen LogP contribution < -0.4 is 5.32 Å². The molecule has 6 heteroatoms. The first-order chi connectivity index (χ1) is 7.27. The summed E-state index contributed by atoms with van der Waals surface area (Å²) in [5.41, 5.74) is -0.0515. The van der Waals surface area contributed by atoms with Crippen LogP contribution in [0, 0.1) is 10.1 Å². The number of anilines is 1. The number of nitrogens with zero attached hydrogens (tertiary/aromatic N) is 3.